The highest BCUT2D eigenvalue weighted by atomic mass is 35.5. The fourth-order valence-corrected chi connectivity index (χ4v) is 4.12. The van der Waals surface area contributed by atoms with E-state index in [0.29, 0.717) is 34.4 Å². The second-order valence-electron chi connectivity index (χ2n) is 6.95. The first-order chi connectivity index (χ1) is 14.5. The number of hydrogen-bond donors (Lipinski definition) is 0. The maximum Gasteiger partial charge on any atom is 0.266 e. The Bertz CT molecular complexity index is 941. The van der Waals surface area contributed by atoms with Crippen molar-refractivity contribution in [3.8, 4) is 17.2 Å². The highest BCUT2D eigenvalue weighted by molar-refractivity contribution is 7.22. The quantitative estimate of drug-likeness (QED) is 0.449. The molecule has 3 rings (SSSR count). The lowest BCUT2D eigenvalue weighted by Gasteiger charge is -2.21. The Hall–Kier alpha value is -2.55. The summed E-state index contributed by atoms with van der Waals surface area (Å²) in [4.78, 5) is 21.6. The molecule has 0 bridgehead atoms. The van der Waals surface area contributed by atoms with Gasteiger partial charge in [-0.2, -0.15) is 0 Å². The van der Waals surface area contributed by atoms with E-state index < -0.39 is 0 Å². The summed E-state index contributed by atoms with van der Waals surface area (Å²) in [7, 11) is 7.25. The number of benzene rings is 2. The van der Waals surface area contributed by atoms with Crippen LogP contribution in [-0.2, 0) is 4.79 Å². The average molecular weight is 466 g/mol. The molecule has 0 saturated heterocycles. The average Bonchev–Trinajstić information content (AvgIpc) is 3.20. The highest BCUT2D eigenvalue weighted by Gasteiger charge is 2.23. The molecule has 168 valence electrons. The number of carbonyl (C=O) groups excluding carboxylic acids is 1. The monoisotopic (exact) mass is 465 g/mol. The molecule has 0 N–H and O–H groups in total. The van der Waals surface area contributed by atoms with Crippen LogP contribution in [-0.4, -0.2) is 63.8 Å². The predicted molar refractivity (Wildman–Crippen MR) is 127 cm³/mol. The molecule has 9 heteroatoms. The first kappa shape index (κ1) is 24.7. The number of halogens is 1. The summed E-state index contributed by atoms with van der Waals surface area (Å²) in [5, 5.41) is 0.605. The number of aromatic nitrogens is 1. The van der Waals surface area contributed by atoms with Crippen LogP contribution in [0.3, 0.4) is 0 Å². The summed E-state index contributed by atoms with van der Waals surface area (Å²) in [5.41, 5.74) is 0.686. The lowest BCUT2D eigenvalue weighted by atomic mass is 10.3. The number of carbonyl (C=O) groups is 1. The van der Waals surface area contributed by atoms with Crippen molar-refractivity contribution in [1.29, 1.82) is 0 Å². The molecular weight excluding hydrogens is 438 g/mol. The molecule has 1 amide bonds. The highest BCUT2D eigenvalue weighted by Crippen LogP contribution is 2.40. The molecule has 2 aromatic carbocycles. The van der Waals surface area contributed by atoms with E-state index in [9.17, 15) is 4.79 Å². The second-order valence-corrected chi connectivity index (χ2v) is 7.93. The minimum absolute atomic E-state index is 0. The SMILES string of the molecule is COc1ccc(OC)c2sc(N(CCCN(C)C)C(=O)COc3ccccc3)nc12.Cl. The number of nitrogens with zero attached hydrogens (tertiary/aromatic N) is 3. The van der Waals surface area contributed by atoms with Crippen molar-refractivity contribution < 1.29 is 19.0 Å². The number of fused-ring (bicyclic) bond motifs is 1. The molecule has 0 atom stereocenters. The zero-order chi connectivity index (χ0) is 21.5. The molecule has 1 aromatic heterocycles. The van der Waals surface area contributed by atoms with Gasteiger partial charge < -0.3 is 19.1 Å². The van der Waals surface area contributed by atoms with Gasteiger partial charge in [-0.05, 0) is 51.3 Å². The Labute approximate surface area is 192 Å². The predicted octanol–water partition coefficient (Wildman–Crippen LogP) is 4.10. The topological polar surface area (TPSA) is 64.1 Å². The first-order valence-electron chi connectivity index (χ1n) is 9.68. The molecule has 0 fully saturated rings. The van der Waals surface area contributed by atoms with Gasteiger partial charge >= 0.3 is 0 Å². The maximum absolute atomic E-state index is 13.1. The molecule has 31 heavy (non-hydrogen) atoms. The molecule has 7 nitrogen and oxygen atoms in total. The minimum atomic E-state index is -0.144. The van der Waals surface area contributed by atoms with Crippen LogP contribution in [0.2, 0.25) is 0 Å². The van der Waals surface area contributed by atoms with Gasteiger partial charge in [0.15, 0.2) is 11.7 Å². The molecule has 0 unspecified atom stereocenters. The molecular formula is C22H28ClN3O4S. The van der Waals surface area contributed by atoms with Crippen molar-refractivity contribution in [2.75, 3.05) is 52.9 Å². The summed E-state index contributed by atoms with van der Waals surface area (Å²) in [6.07, 6.45) is 0.814. The zero-order valence-corrected chi connectivity index (χ0v) is 19.8. The number of ether oxygens (including phenoxy) is 3. The van der Waals surface area contributed by atoms with E-state index >= 15 is 0 Å². The lowest BCUT2D eigenvalue weighted by Crippen LogP contribution is -2.36. The maximum atomic E-state index is 13.1. The zero-order valence-electron chi connectivity index (χ0n) is 18.2. The lowest BCUT2D eigenvalue weighted by molar-refractivity contribution is -0.120. The van der Waals surface area contributed by atoms with Crippen LogP contribution < -0.4 is 19.1 Å². The smallest absolute Gasteiger partial charge is 0.266 e. The number of methoxy groups -OCH3 is 2. The van der Waals surface area contributed by atoms with E-state index in [4.69, 9.17) is 19.2 Å². The van der Waals surface area contributed by atoms with Crippen LogP contribution in [0.15, 0.2) is 42.5 Å². The van der Waals surface area contributed by atoms with Gasteiger partial charge in [0.1, 0.15) is 27.5 Å². The third kappa shape index (κ3) is 6.22. The van der Waals surface area contributed by atoms with Crippen molar-refractivity contribution in [2.24, 2.45) is 0 Å². The summed E-state index contributed by atoms with van der Waals surface area (Å²) in [6.45, 7) is 1.34. The Kier molecular flexibility index (Phi) is 9.36. The molecule has 0 aliphatic rings. The fourth-order valence-electron chi connectivity index (χ4n) is 3.00. The number of anilines is 1. The molecule has 0 aliphatic heterocycles. The number of para-hydroxylation sites is 1. The molecule has 0 saturated carbocycles. The summed E-state index contributed by atoms with van der Waals surface area (Å²) >= 11 is 1.41. The van der Waals surface area contributed by atoms with Crippen molar-refractivity contribution in [1.82, 2.24) is 9.88 Å². The Balaban J connectivity index is 0.00000341. The van der Waals surface area contributed by atoms with E-state index in [0.717, 1.165) is 17.7 Å². The second kappa shape index (κ2) is 11.7. The van der Waals surface area contributed by atoms with Gasteiger partial charge in [-0.3, -0.25) is 9.69 Å². The van der Waals surface area contributed by atoms with Gasteiger partial charge in [0.2, 0.25) is 0 Å². The van der Waals surface area contributed by atoms with Crippen LogP contribution in [0.4, 0.5) is 5.13 Å². The fraction of sp³-hybridized carbons (Fsp3) is 0.364. The molecule has 1 heterocycles. The van der Waals surface area contributed by atoms with Crippen molar-refractivity contribution >= 4 is 45.0 Å². The number of amides is 1. The normalized spacial score (nSPS) is 10.6. The summed E-state index contributed by atoms with van der Waals surface area (Å²) in [6, 6.07) is 13.0. The Morgan fingerprint density at radius 1 is 1.00 bits per heavy atom. The third-order valence-electron chi connectivity index (χ3n) is 4.52. The minimum Gasteiger partial charge on any atom is -0.495 e. The van der Waals surface area contributed by atoms with Crippen molar-refractivity contribution in [2.45, 2.75) is 6.42 Å². The van der Waals surface area contributed by atoms with E-state index in [-0.39, 0.29) is 24.9 Å². The van der Waals surface area contributed by atoms with E-state index in [1.165, 1.54) is 11.3 Å². The van der Waals surface area contributed by atoms with Gasteiger partial charge in [0.25, 0.3) is 5.91 Å². The van der Waals surface area contributed by atoms with Crippen molar-refractivity contribution in [3.63, 3.8) is 0 Å². The van der Waals surface area contributed by atoms with E-state index in [2.05, 4.69) is 4.90 Å². The summed E-state index contributed by atoms with van der Waals surface area (Å²) in [5.74, 6) is 1.87. The Morgan fingerprint density at radius 2 is 1.68 bits per heavy atom. The van der Waals surface area contributed by atoms with E-state index in [1.807, 2.05) is 56.6 Å². The van der Waals surface area contributed by atoms with Gasteiger partial charge in [-0.1, -0.05) is 29.5 Å². The van der Waals surface area contributed by atoms with Gasteiger partial charge in [-0.15, -0.1) is 12.4 Å². The van der Waals surface area contributed by atoms with Gasteiger partial charge in [-0.25, -0.2) is 4.98 Å². The number of hydrogen-bond acceptors (Lipinski definition) is 7. The molecule has 0 radical (unpaired) electrons. The molecule has 3 aromatic rings. The van der Waals surface area contributed by atoms with Crippen LogP contribution in [0, 0.1) is 0 Å². The van der Waals surface area contributed by atoms with Gasteiger partial charge in [0, 0.05) is 6.54 Å². The largest absolute Gasteiger partial charge is 0.495 e. The van der Waals surface area contributed by atoms with Crippen LogP contribution in [0.25, 0.3) is 10.2 Å². The van der Waals surface area contributed by atoms with Crippen LogP contribution in [0.5, 0.6) is 17.2 Å². The van der Waals surface area contributed by atoms with Crippen molar-refractivity contribution in [3.05, 3.63) is 42.5 Å². The molecule has 0 spiro atoms. The third-order valence-corrected chi connectivity index (χ3v) is 5.62. The van der Waals surface area contributed by atoms with Gasteiger partial charge in [0.05, 0.1) is 14.2 Å². The number of thiazole rings is 1. The Morgan fingerprint density at radius 3 is 2.32 bits per heavy atom. The standard InChI is InChI=1S/C22H27N3O4S.ClH/c1-24(2)13-8-14-25(19(26)15-29-16-9-6-5-7-10-16)22-23-20-17(27-3)11-12-18(28-4)21(20)30-22;/h5-7,9-12H,8,13-15H2,1-4H3;1H. The van der Waals surface area contributed by atoms with Crippen LogP contribution in [0.1, 0.15) is 6.42 Å². The number of rotatable bonds is 10. The first-order valence-corrected chi connectivity index (χ1v) is 10.5. The summed E-state index contributed by atoms with van der Waals surface area (Å²) < 4.78 is 17.5. The van der Waals surface area contributed by atoms with E-state index in [1.54, 1.807) is 19.1 Å². The van der Waals surface area contributed by atoms with Crippen LogP contribution >= 0.6 is 23.7 Å². The molecule has 0 aliphatic carbocycles.